The van der Waals surface area contributed by atoms with Crippen LogP contribution < -0.4 is 5.56 Å². The van der Waals surface area contributed by atoms with Crippen molar-refractivity contribution in [1.82, 2.24) is 14.5 Å². The quantitative estimate of drug-likeness (QED) is 0.810. The third kappa shape index (κ3) is 3.28. The van der Waals surface area contributed by atoms with E-state index in [4.69, 9.17) is 9.15 Å². The number of ether oxygens (including phenoxy) is 1. The number of rotatable bonds is 3. The minimum absolute atomic E-state index is 0.229. The van der Waals surface area contributed by atoms with Crippen LogP contribution in [0.4, 0.5) is 0 Å². The summed E-state index contributed by atoms with van der Waals surface area (Å²) < 4.78 is 13.0. The number of aryl methyl sites for hydroxylation is 1. The lowest BCUT2D eigenvalue weighted by Gasteiger charge is -2.25. The van der Waals surface area contributed by atoms with Gasteiger partial charge in [0, 0.05) is 44.8 Å². The first-order valence-corrected chi connectivity index (χ1v) is 10.0. The second-order valence-corrected chi connectivity index (χ2v) is 7.69. The normalized spacial score (nSPS) is 17.6. The van der Waals surface area contributed by atoms with Crippen LogP contribution in [0.2, 0.25) is 0 Å². The van der Waals surface area contributed by atoms with Gasteiger partial charge in [0.2, 0.25) is 0 Å². The van der Waals surface area contributed by atoms with E-state index >= 15 is 0 Å². The van der Waals surface area contributed by atoms with Crippen LogP contribution in [-0.2, 0) is 31.2 Å². The molecule has 1 amide bonds. The van der Waals surface area contributed by atoms with Gasteiger partial charge in [0.1, 0.15) is 17.0 Å². The van der Waals surface area contributed by atoms with Crippen LogP contribution in [0, 0.1) is 6.92 Å². The lowest BCUT2D eigenvalue weighted by molar-refractivity contribution is 0.0723. The van der Waals surface area contributed by atoms with Crippen molar-refractivity contribution in [3.8, 4) is 0 Å². The molecule has 0 saturated carbocycles. The average molecular weight is 385 g/mol. The van der Waals surface area contributed by atoms with Crippen LogP contribution in [-0.4, -0.2) is 40.1 Å². The number of carbonyl (C=O) groups excluding carboxylic acids is 1. The van der Waals surface area contributed by atoms with Crippen LogP contribution in [0.15, 0.2) is 15.3 Å². The lowest BCUT2D eigenvalue weighted by atomic mass is 10.0. The van der Waals surface area contributed by atoms with Gasteiger partial charge in [0.15, 0.2) is 5.89 Å². The van der Waals surface area contributed by atoms with Crippen molar-refractivity contribution in [1.29, 1.82) is 0 Å². The Labute approximate surface area is 164 Å². The topological polar surface area (TPSA) is 77.6 Å². The Morgan fingerprint density at radius 3 is 2.79 bits per heavy atom. The fourth-order valence-corrected chi connectivity index (χ4v) is 4.28. The molecule has 0 unspecified atom stereocenters. The molecule has 2 aromatic rings. The van der Waals surface area contributed by atoms with Gasteiger partial charge in [-0.2, -0.15) is 0 Å². The Kier molecular flexibility index (Phi) is 5.10. The highest BCUT2D eigenvalue weighted by atomic mass is 16.5. The number of aromatic nitrogens is 2. The molecule has 2 aromatic heterocycles. The predicted molar refractivity (Wildman–Crippen MR) is 104 cm³/mol. The van der Waals surface area contributed by atoms with Crippen LogP contribution in [0.25, 0.3) is 0 Å². The van der Waals surface area contributed by atoms with E-state index in [1.54, 1.807) is 22.6 Å². The van der Waals surface area contributed by atoms with Crippen molar-refractivity contribution in [3.63, 3.8) is 0 Å². The molecule has 4 heterocycles. The molecule has 2 aliphatic heterocycles. The molecule has 1 saturated heterocycles. The van der Waals surface area contributed by atoms with Gasteiger partial charge in [0.25, 0.3) is 11.5 Å². The van der Waals surface area contributed by atoms with Gasteiger partial charge < -0.3 is 18.6 Å². The first-order valence-electron chi connectivity index (χ1n) is 10.0. The number of hydrogen-bond acceptors (Lipinski definition) is 5. The summed E-state index contributed by atoms with van der Waals surface area (Å²) in [7, 11) is 1.73. The van der Waals surface area contributed by atoms with E-state index in [0.29, 0.717) is 25.4 Å². The molecule has 1 fully saturated rings. The molecule has 28 heavy (non-hydrogen) atoms. The van der Waals surface area contributed by atoms with Gasteiger partial charge in [-0.3, -0.25) is 9.59 Å². The van der Waals surface area contributed by atoms with E-state index in [2.05, 4.69) is 4.98 Å². The number of oxazole rings is 1. The Morgan fingerprint density at radius 2 is 2.07 bits per heavy atom. The summed E-state index contributed by atoms with van der Waals surface area (Å²) in [5, 5.41) is 0. The fraction of sp³-hybridized carbons (Fsp3) is 0.571. The summed E-state index contributed by atoms with van der Waals surface area (Å²) in [4.78, 5) is 32.2. The van der Waals surface area contributed by atoms with Crippen LogP contribution in [0.1, 0.15) is 64.6 Å². The molecule has 0 atom stereocenters. The van der Waals surface area contributed by atoms with Gasteiger partial charge in [-0.05, 0) is 37.8 Å². The third-order valence-electron chi connectivity index (χ3n) is 5.92. The number of hydrogen-bond donors (Lipinski definition) is 0. The SMILES string of the molecule is CCc1c(C)cc(C(=O)N2CCc3oc(C4CCOCC4)nc3C2)c(=O)n1C. The fourth-order valence-electron chi connectivity index (χ4n) is 4.28. The summed E-state index contributed by atoms with van der Waals surface area (Å²) in [5.41, 5.74) is 2.74. The zero-order valence-electron chi connectivity index (χ0n) is 16.8. The summed E-state index contributed by atoms with van der Waals surface area (Å²) >= 11 is 0. The Morgan fingerprint density at radius 1 is 1.32 bits per heavy atom. The average Bonchev–Trinajstić information content (AvgIpc) is 3.14. The van der Waals surface area contributed by atoms with E-state index in [-0.39, 0.29) is 17.0 Å². The molecule has 0 aliphatic carbocycles. The number of pyridine rings is 1. The lowest BCUT2D eigenvalue weighted by Crippen LogP contribution is -2.40. The molecule has 7 heteroatoms. The maximum atomic E-state index is 13.1. The highest BCUT2D eigenvalue weighted by Crippen LogP contribution is 2.30. The number of carbonyl (C=O) groups is 1. The predicted octanol–water partition coefficient (Wildman–Crippen LogP) is 2.34. The summed E-state index contributed by atoms with van der Waals surface area (Å²) in [6, 6.07) is 1.73. The number of amides is 1. The van der Waals surface area contributed by atoms with Gasteiger partial charge >= 0.3 is 0 Å². The van der Waals surface area contributed by atoms with E-state index in [0.717, 1.165) is 61.1 Å². The monoisotopic (exact) mass is 385 g/mol. The van der Waals surface area contributed by atoms with E-state index in [1.165, 1.54) is 0 Å². The first-order chi connectivity index (χ1) is 13.5. The van der Waals surface area contributed by atoms with Crippen molar-refractivity contribution in [2.24, 2.45) is 7.05 Å². The highest BCUT2D eigenvalue weighted by molar-refractivity contribution is 5.94. The zero-order valence-corrected chi connectivity index (χ0v) is 16.8. The maximum absolute atomic E-state index is 13.1. The molecule has 0 radical (unpaired) electrons. The van der Waals surface area contributed by atoms with Gasteiger partial charge in [-0.15, -0.1) is 0 Å². The molecule has 0 aromatic carbocycles. The minimum Gasteiger partial charge on any atom is -0.445 e. The molecule has 2 aliphatic rings. The van der Waals surface area contributed by atoms with Gasteiger partial charge in [-0.25, -0.2) is 4.98 Å². The smallest absolute Gasteiger partial charge is 0.263 e. The Hall–Kier alpha value is -2.41. The zero-order chi connectivity index (χ0) is 19.8. The van der Waals surface area contributed by atoms with Crippen LogP contribution in [0.5, 0.6) is 0 Å². The van der Waals surface area contributed by atoms with Crippen LogP contribution in [0.3, 0.4) is 0 Å². The van der Waals surface area contributed by atoms with Crippen molar-refractivity contribution in [3.05, 3.63) is 50.6 Å². The van der Waals surface area contributed by atoms with Crippen molar-refractivity contribution < 1.29 is 13.9 Å². The molecular formula is C21H27N3O4. The van der Waals surface area contributed by atoms with Gasteiger partial charge in [0.05, 0.1) is 6.54 Å². The molecular weight excluding hydrogens is 358 g/mol. The van der Waals surface area contributed by atoms with E-state index in [1.807, 2.05) is 13.8 Å². The molecule has 0 N–H and O–H groups in total. The van der Waals surface area contributed by atoms with E-state index in [9.17, 15) is 9.59 Å². The molecule has 150 valence electrons. The molecule has 0 spiro atoms. The van der Waals surface area contributed by atoms with Crippen molar-refractivity contribution in [2.45, 2.75) is 52.0 Å². The maximum Gasteiger partial charge on any atom is 0.263 e. The largest absolute Gasteiger partial charge is 0.445 e. The van der Waals surface area contributed by atoms with Gasteiger partial charge in [-0.1, -0.05) is 6.92 Å². The molecule has 0 bridgehead atoms. The second kappa shape index (κ2) is 7.54. The van der Waals surface area contributed by atoms with Crippen molar-refractivity contribution >= 4 is 5.91 Å². The highest BCUT2D eigenvalue weighted by Gasteiger charge is 2.30. The van der Waals surface area contributed by atoms with Crippen LogP contribution >= 0.6 is 0 Å². The molecule has 7 nitrogen and oxygen atoms in total. The Balaban J connectivity index is 1.57. The minimum atomic E-state index is -0.235. The second-order valence-electron chi connectivity index (χ2n) is 7.69. The number of nitrogens with zero attached hydrogens (tertiary/aromatic N) is 3. The summed E-state index contributed by atoms with van der Waals surface area (Å²) in [5.74, 6) is 1.70. The summed E-state index contributed by atoms with van der Waals surface area (Å²) in [6.45, 7) is 6.35. The van der Waals surface area contributed by atoms with E-state index < -0.39 is 0 Å². The molecule has 4 rings (SSSR count). The van der Waals surface area contributed by atoms with Crippen molar-refractivity contribution in [2.75, 3.05) is 19.8 Å². The Bertz CT molecular complexity index is 953. The number of fused-ring (bicyclic) bond motifs is 1. The summed E-state index contributed by atoms with van der Waals surface area (Å²) in [6.07, 6.45) is 3.22. The standard InChI is InChI=1S/C21H27N3O4/c1-4-17-13(2)11-15(20(25)23(17)3)21(26)24-8-5-18-16(12-24)22-19(28-18)14-6-9-27-10-7-14/h11,14H,4-10,12H2,1-3H3. The first kappa shape index (κ1) is 18.9. The third-order valence-corrected chi connectivity index (χ3v) is 5.92.